The van der Waals surface area contributed by atoms with Crippen LogP contribution in [0.4, 0.5) is 5.69 Å². The lowest BCUT2D eigenvalue weighted by atomic mass is 10.1. The van der Waals surface area contributed by atoms with E-state index in [1.807, 2.05) is 32.0 Å². The minimum absolute atomic E-state index is 0.102. The SMILES string of the molecule is CC.CN1CCC(C(=O)Nc2ccccc2Br)C1=O. The maximum Gasteiger partial charge on any atom is 0.237 e. The summed E-state index contributed by atoms with van der Waals surface area (Å²) in [6.45, 7) is 4.65. The van der Waals surface area contributed by atoms with E-state index in [1.54, 1.807) is 18.0 Å². The third-order valence-corrected chi connectivity index (χ3v) is 3.57. The van der Waals surface area contributed by atoms with Gasteiger partial charge in [-0.15, -0.1) is 0 Å². The second kappa shape index (κ2) is 7.28. The molecule has 1 aliphatic rings. The third kappa shape index (κ3) is 3.80. The van der Waals surface area contributed by atoms with Crippen LogP contribution in [0.3, 0.4) is 0 Å². The first-order valence-electron chi connectivity index (χ1n) is 6.40. The second-order valence-electron chi connectivity index (χ2n) is 4.07. The van der Waals surface area contributed by atoms with E-state index in [9.17, 15) is 9.59 Å². The van der Waals surface area contributed by atoms with Crippen LogP contribution in [0, 0.1) is 5.92 Å². The smallest absolute Gasteiger partial charge is 0.237 e. The number of hydrogen-bond donors (Lipinski definition) is 1. The number of carbonyl (C=O) groups is 2. The predicted molar refractivity (Wildman–Crippen MR) is 79.9 cm³/mol. The number of carbonyl (C=O) groups excluding carboxylic acids is 2. The second-order valence-corrected chi connectivity index (χ2v) is 4.92. The molecule has 5 heteroatoms. The van der Waals surface area contributed by atoms with E-state index in [0.717, 1.165) is 4.47 Å². The third-order valence-electron chi connectivity index (χ3n) is 2.88. The summed E-state index contributed by atoms with van der Waals surface area (Å²) in [7, 11) is 1.72. The van der Waals surface area contributed by atoms with Crippen LogP contribution in [0.5, 0.6) is 0 Å². The quantitative estimate of drug-likeness (QED) is 0.849. The Morgan fingerprint density at radius 1 is 1.37 bits per heavy atom. The van der Waals surface area contributed by atoms with Crippen molar-refractivity contribution in [1.82, 2.24) is 4.90 Å². The van der Waals surface area contributed by atoms with Crippen molar-refractivity contribution in [2.45, 2.75) is 20.3 Å². The van der Waals surface area contributed by atoms with Crippen LogP contribution in [-0.4, -0.2) is 30.3 Å². The zero-order valence-corrected chi connectivity index (χ0v) is 13.0. The van der Waals surface area contributed by atoms with Crippen LogP contribution in [0.2, 0.25) is 0 Å². The molecule has 1 saturated heterocycles. The summed E-state index contributed by atoms with van der Waals surface area (Å²) < 4.78 is 0.812. The van der Waals surface area contributed by atoms with E-state index < -0.39 is 5.92 Å². The van der Waals surface area contributed by atoms with Gasteiger partial charge in [-0.3, -0.25) is 9.59 Å². The molecule has 1 heterocycles. The normalized spacial score (nSPS) is 17.8. The van der Waals surface area contributed by atoms with E-state index in [-0.39, 0.29) is 11.8 Å². The Morgan fingerprint density at radius 2 is 2.00 bits per heavy atom. The van der Waals surface area contributed by atoms with E-state index in [2.05, 4.69) is 21.2 Å². The Balaban J connectivity index is 0.000000861. The molecule has 0 aliphatic carbocycles. The van der Waals surface area contributed by atoms with Gasteiger partial charge in [0.1, 0.15) is 5.92 Å². The standard InChI is InChI=1S/C12H13BrN2O2.C2H6/c1-15-7-6-8(12(15)17)11(16)14-10-5-3-2-4-9(10)13;1-2/h2-5,8H,6-7H2,1H3,(H,14,16);1-2H3. The average Bonchev–Trinajstić information content (AvgIpc) is 2.75. The fourth-order valence-corrected chi connectivity index (χ4v) is 2.23. The van der Waals surface area contributed by atoms with E-state index in [0.29, 0.717) is 18.7 Å². The molecule has 0 bridgehead atoms. The van der Waals surface area contributed by atoms with Gasteiger partial charge >= 0.3 is 0 Å². The topological polar surface area (TPSA) is 49.4 Å². The van der Waals surface area contributed by atoms with Gasteiger partial charge in [-0.05, 0) is 34.5 Å². The summed E-state index contributed by atoms with van der Waals surface area (Å²) in [5.74, 6) is -0.882. The first-order valence-corrected chi connectivity index (χ1v) is 7.19. The zero-order valence-electron chi connectivity index (χ0n) is 11.4. The van der Waals surface area contributed by atoms with Gasteiger partial charge in [0.15, 0.2) is 0 Å². The summed E-state index contributed by atoms with van der Waals surface area (Å²) in [4.78, 5) is 25.2. The molecule has 2 amide bonds. The molecule has 1 fully saturated rings. The van der Waals surface area contributed by atoms with Gasteiger partial charge < -0.3 is 10.2 Å². The number of rotatable bonds is 2. The highest BCUT2D eigenvalue weighted by atomic mass is 79.9. The van der Waals surface area contributed by atoms with Gasteiger partial charge in [-0.25, -0.2) is 0 Å². The number of nitrogens with one attached hydrogen (secondary N) is 1. The fraction of sp³-hybridized carbons (Fsp3) is 0.429. The van der Waals surface area contributed by atoms with Crippen LogP contribution in [0.15, 0.2) is 28.7 Å². The molecule has 1 aliphatic heterocycles. The largest absolute Gasteiger partial charge is 0.345 e. The Kier molecular flexibility index (Phi) is 6.02. The molecule has 1 atom stereocenters. The molecule has 1 aromatic rings. The van der Waals surface area contributed by atoms with Crippen molar-refractivity contribution < 1.29 is 9.59 Å². The predicted octanol–water partition coefficient (Wildman–Crippen LogP) is 2.89. The molecule has 0 saturated carbocycles. The van der Waals surface area contributed by atoms with E-state index in [1.165, 1.54) is 0 Å². The lowest BCUT2D eigenvalue weighted by Gasteiger charge is -2.11. The first-order chi connectivity index (χ1) is 9.09. The highest BCUT2D eigenvalue weighted by Crippen LogP contribution is 2.24. The van der Waals surface area contributed by atoms with Crippen molar-refractivity contribution in [3.63, 3.8) is 0 Å². The Morgan fingerprint density at radius 3 is 2.53 bits per heavy atom. The van der Waals surface area contributed by atoms with Gasteiger partial charge in [0.2, 0.25) is 11.8 Å². The molecule has 1 N–H and O–H groups in total. The van der Waals surface area contributed by atoms with Gasteiger partial charge in [0, 0.05) is 18.1 Å². The minimum Gasteiger partial charge on any atom is -0.345 e. The van der Waals surface area contributed by atoms with Gasteiger partial charge in [-0.2, -0.15) is 0 Å². The van der Waals surface area contributed by atoms with Gasteiger partial charge in [0.25, 0.3) is 0 Å². The monoisotopic (exact) mass is 326 g/mol. The first kappa shape index (κ1) is 15.7. The molecular weight excluding hydrogens is 308 g/mol. The van der Waals surface area contributed by atoms with Crippen LogP contribution in [-0.2, 0) is 9.59 Å². The lowest BCUT2D eigenvalue weighted by Crippen LogP contribution is -2.30. The molecule has 0 spiro atoms. The minimum atomic E-state index is -0.549. The fourth-order valence-electron chi connectivity index (χ4n) is 1.85. The number of benzene rings is 1. The van der Waals surface area contributed by atoms with Crippen molar-refractivity contribution in [1.29, 1.82) is 0 Å². The number of likely N-dealkylation sites (tertiary alicyclic amines) is 1. The van der Waals surface area contributed by atoms with Crippen molar-refractivity contribution in [2.75, 3.05) is 18.9 Å². The summed E-state index contributed by atoms with van der Waals surface area (Å²) in [5, 5.41) is 2.77. The van der Waals surface area contributed by atoms with Crippen molar-refractivity contribution in [2.24, 2.45) is 5.92 Å². The number of halogens is 1. The van der Waals surface area contributed by atoms with Crippen LogP contribution >= 0.6 is 15.9 Å². The Bertz CT molecular complexity index is 463. The molecule has 2 rings (SSSR count). The summed E-state index contributed by atoms with van der Waals surface area (Å²) >= 11 is 3.35. The highest BCUT2D eigenvalue weighted by Gasteiger charge is 2.34. The average molecular weight is 327 g/mol. The number of anilines is 1. The molecule has 0 aromatic heterocycles. The summed E-state index contributed by atoms with van der Waals surface area (Å²) in [5.41, 5.74) is 0.694. The number of para-hydroxylation sites is 1. The van der Waals surface area contributed by atoms with Crippen LogP contribution in [0.25, 0.3) is 0 Å². The number of nitrogens with zero attached hydrogens (tertiary/aromatic N) is 1. The molecule has 19 heavy (non-hydrogen) atoms. The zero-order chi connectivity index (χ0) is 14.4. The maximum atomic E-state index is 11.9. The highest BCUT2D eigenvalue weighted by molar-refractivity contribution is 9.10. The van der Waals surface area contributed by atoms with Crippen LogP contribution in [0.1, 0.15) is 20.3 Å². The van der Waals surface area contributed by atoms with E-state index in [4.69, 9.17) is 0 Å². The summed E-state index contributed by atoms with van der Waals surface area (Å²) in [6.07, 6.45) is 0.589. The maximum absolute atomic E-state index is 11.9. The van der Waals surface area contributed by atoms with E-state index >= 15 is 0 Å². The number of amides is 2. The van der Waals surface area contributed by atoms with Gasteiger partial charge in [-0.1, -0.05) is 26.0 Å². The molecule has 4 nitrogen and oxygen atoms in total. The van der Waals surface area contributed by atoms with Crippen LogP contribution < -0.4 is 5.32 Å². The molecule has 0 radical (unpaired) electrons. The summed E-state index contributed by atoms with van der Waals surface area (Å²) in [6, 6.07) is 7.35. The molecule has 104 valence electrons. The van der Waals surface area contributed by atoms with Crippen molar-refractivity contribution in [3.05, 3.63) is 28.7 Å². The van der Waals surface area contributed by atoms with Gasteiger partial charge in [0.05, 0.1) is 5.69 Å². The molecule has 1 unspecified atom stereocenters. The Labute approximate surface area is 122 Å². The Hall–Kier alpha value is -1.36. The van der Waals surface area contributed by atoms with Crippen molar-refractivity contribution >= 4 is 33.4 Å². The van der Waals surface area contributed by atoms with Crippen molar-refractivity contribution in [3.8, 4) is 0 Å². The molecule has 1 aromatic carbocycles. The lowest BCUT2D eigenvalue weighted by molar-refractivity contribution is -0.134. The number of hydrogen-bond acceptors (Lipinski definition) is 2. The molecular formula is C14H19BrN2O2.